The maximum atomic E-state index is 9.29. The second-order valence-corrected chi connectivity index (χ2v) is 5.83. The number of nitrogens with one attached hydrogen (secondary N) is 1. The number of nitriles is 1. The molecule has 1 N–H and O–H groups in total. The molecule has 2 aromatic carbocycles. The second kappa shape index (κ2) is 7.35. The smallest absolute Gasteiger partial charge is 0.100 e. The zero-order valence-electron chi connectivity index (χ0n) is 11.2. The molecule has 0 bridgehead atoms. The minimum absolute atomic E-state index is 0.699. The lowest BCUT2D eigenvalue weighted by molar-refractivity contribution is 0.726. The van der Waals surface area contributed by atoms with Crippen LogP contribution in [0.25, 0.3) is 0 Å². The van der Waals surface area contributed by atoms with E-state index in [0.717, 1.165) is 28.4 Å². The lowest BCUT2D eigenvalue weighted by Gasteiger charge is -2.07. The first kappa shape index (κ1) is 14.9. The molecular formula is C16H15ClN2S. The van der Waals surface area contributed by atoms with Gasteiger partial charge in [-0.2, -0.15) is 5.26 Å². The van der Waals surface area contributed by atoms with E-state index < -0.39 is 0 Å². The average molecular weight is 303 g/mol. The van der Waals surface area contributed by atoms with Gasteiger partial charge in [-0.3, -0.25) is 0 Å². The third kappa shape index (κ3) is 4.01. The molecular weight excluding hydrogens is 288 g/mol. The number of hydrogen-bond acceptors (Lipinski definition) is 3. The minimum Gasteiger partial charge on any atom is -0.313 e. The van der Waals surface area contributed by atoms with Crippen molar-refractivity contribution >= 4 is 23.4 Å². The van der Waals surface area contributed by atoms with Gasteiger partial charge in [0.05, 0.1) is 5.56 Å². The molecule has 0 heterocycles. The lowest BCUT2D eigenvalue weighted by Crippen LogP contribution is -2.11. The second-order valence-electron chi connectivity index (χ2n) is 4.28. The fourth-order valence-corrected chi connectivity index (χ4v) is 2.98. The van der Waals surface area contributed by atoms with Gasteiger partial charge in [0.1, 0.15) is 6.07 Å². The summed E-state index contributed by atoms with van der Waals surface area (Å²) in [5.41, 5.74) is 1.82. The van der Waals surface area contributed by atoms with Crippen LogP contribution < -0.4 is 5.32 Å². The number of halogens is 1. The summed E-state index contributed by atoms with van der Waals surface area (Å²) in [6, 6.07) is 15.9. The van der Waals surface area contributed by atoms with E-state index in [1.807, 2.05) is 36.4 Å². The molecule has 0 atom stereocenters. The monoisotopic (exact) mass is 302 g/mol. The van der Waals surface area contributed by atoms with Gasteiger partial charge in [-0.1, -0.05) is 42.4 Å². The molecule has 2 rings (SSSR count). The van der Waals surface area contributed by atoms with E-state index in [0.29, 0.717) is 10.6 Å². The standard InChI is InChI=1S/C16H15ClN2S/c1-2-19-11-12-6-7-16(13(8-12)10-18)20-15-5-3-4-14(17)9-15/h3-9,19H,2,11H2,1H3. The molecule has 20 heavy (non-hydrogen) atoms. The van der Waals surface area contributed by atoms with E-state index in [2.05, 4.69) is 24.4 Å². The molecule has 0 saturated heterocycles. The molecule has 0 unspecified atom stereocenters. The Hall–Kier alpha value is -1.47. The van der Waals surface area contributed by atoms with E-state index in [4.69, 9.17) is 11.6 Å². The Morgan fingerprint density at radius 2 is 2.10 bits per heavy atom. The van der Waals surface area contributed by atoms with Crippen LogP contribution in [0, 0.1) is 11.3 Å². The third-order valence-corrected chi connectivity index (χ3v) is 4.07. The van der Waals surface area contributed by atoms with Gasteiger partial charge in [0.15, 0.2) is 0 Å². The Labute approximate surface area is 128 Å². The van der Waals surface area contributed by atoms with Crippen molar-refractivity contribution < 1.29 is 0 Å². The Bertz CT molecular complexity index is 635. The molecule has 0 aliphatic rings. The topological polar surface area (TPSA) is 35.8 Å². The Morgan fingerprint density at radius 3 is 2.80 bits per heavy atom. The first-order chi connectivity index (χ1) is 9.72. The van der Waals surface area contributed by atoms with E-state index in [1.54, 1.807) is 11.8 Å². The van der Waals surface area contributed by atoms with Gasteiger partial charge in [0.25, 0.3) is 0 Å². The van der Waals surface area contributed by atoms with Crippen molar-refractivity contribution in [2.45, 2.75) is 23.3 Å². The summed E-state index contributed by atoms with van der Waals surface area (Å²) in [5.74, 6) is 0. The fraction of sp³-hybridized carbons (Fsp3) is 0.188. The molecule has 2 aromatic rings. The van der Waals surface area contributed by atoms with Gasteiger partial charge in [-0.15, -0.1) is 0 Å². The molecule has 2 nitrogen and oxygen atoms in total. The van der Waals surface area contributed by atoms with Crippen molar-refractivity contribution in [2.75, 3.05) is 6.54 Å². The highest BCUT2D eigenvalue weighted by molar-refractivity contribution is 7.99. The highest BCUT2D eigenvalue weighted by atomic mass is 35.5. The number of hydrogen-bond donors (Lipinski definition) is 1. The van der Waals surface area contributed by atoms with Crippen molar-refractivity contribution in [3.8, 4) is 6.07 Å². The van der Waals surface area contributed by atoms with Gasteiger partial charge >= 0.3 is 0 Å². The number of rotatable bonds is 5. The molecule has 4 heteroatoms. The van der Waals surface area contributed by atoms with Crippen LogP contribution in [0.15, 0.2) is 52.3 Å². The Balaban J connectivity index is 2.22. The summed E-state index contributed by atoms with van der Waals surface area (Å²) in [5, 5.41) is 13.3. The Kier molecular flexibility index (Phi) is 5.49. The molecule has 0 radical (unpaired) electrons. The normalized spacial score (nSPS) is 10.2. The largest absolute Gasteiger partial charge is 0.313 e. The first-order valence-electron chi connectivity index (χ1n) is 6.40. The molecule has 0 fully saturated rings. The SMILES string of the molecule is CCNCc1ccc(Sc2cccc(Cl)c2)c(C#N)c1. The summed E-state index contributed by atoms with van der Waals surface area (Å²) in [6.45, 7) is 3.77. The molecule has 0 aromatic heterocycles. The summed E-state index contributed by atoms with van der Waals surface area (Å²) < 4.78 is 0. The summed E-state index contributed by atoms with van der Waals surface area (Å²) in [7, 11) is 0. The van der Waals surface area contributed by atoms with Crippen LogP contribution in [0.4, 0.5) is 0 Å². The van der Waals surface area contributed by atoms with Gasteiger partial charge < -0.3 is 5.32 Å². The highest BCUT2D eigenvalue weighted by Gasteiger charge is 2.06. The fourth-order valence-electron chi connectivity index (χ4n) is 1.79. The van der Waals surface area contributed by atoms with Crippen LogP contribution in [0.3, 0.4) is 0 Å². The zero-order chi connectivity index (χ0) is 14.4. The number of nitrogens with zero attached hydrogens (tertiary/aromatic N) is 1. The summed E-state index contributed by atoms with van der Waals surface area (Å²) in [6.07, 6.45) is 0. The highest BCUT2D eigenvalue weighted by Crippen LogP contribution is 2.32. The lowest BCUT2D eigenvalue weighted by atomic mass is 10.1. The number of benzene rings is 2. The van der Waals surface area contributed by atoms with Gasteiger partial charge in [-0.25, -0.2) is 0 Å². The van der Waals surface area contributed by atoms with Crippen molar-refractivity contribution in [3.63, 3.8) is 0 Å². The molecule has 0 amide bonds. The van der Waals surface area contributed by atoms with Crippen molar-refractivity contribution in [1.29, 1.82) is 5.26 Å². The quantitative estimate of drug-likeness (QED) is 0.885. The zero-order valence-corrected chi connectivity index (χ0v) is 12.8. The summed E-state index contributed by atoms with van der Waals surface area (Å²) >= 11 is 7.54. The maximum absolute atomic E-state index is 9.29. The van der Waals surface area contributed by atoms with Gasteiger partial charge in [-0.05, 0) is 42.4 Å². The van der Waals surface area contributed by atoms with Crippen molar-refractivity contribution in [3.05, 3.63) is 58.6 Å². The van der Waals surface area contributed by atoms with E-state index >= 15 is 0 Å². The Morgan fingerprint density at radius 1 is 1.25 bits per heavy atom. The van der Waals surface area contributed by atoms with E-state index in [1.165, 1.54) is 0 Å². The van der Waals surface area contributed by atoms with Crippen LogP contribution >= 0.6 is 23.4 Å². The third-order valence-electron chi connectivity index (χ3n) is 2.77. The van der Waals surface area contributed by atoms with Crippen molar-refractivity contribution in [2.24, 2.45) is 0 Å². The van der Waals surface area contributed by atoms with Crippen LogP contribution in [-0.4, -0.2) is 6.54 Å². The van der Waals surface area contributed by atoms with E-state index in [-0.39, 0.29) is 0 Å². The minimum atomic E-state index is 0.699. The van der Waals surface area contributed by atoms with Crippen LogP contribution in [0.5, 0.6) is 0 Å². The van der Waals surface area contributed by atoms with E-state index in [9.17, 15) is 5.26 Å². The van der Waals surface area contributed by atoms with Gasteiger partial charge in [0.2, 0.25) is 0 Å². The molecule has 0 spiro atoms. The molecule has 0 aliphatic heterocycles. The average Bonchev–Trinajstić information content (AvgIpc) is 2.46. The van der Waals surface area contributed by atoms with Crippen LogP contribution in [-0.2, 0) is 6.54 Å². The predicted octanol–water partition coefficient (Wildman–Crippen LogP) is 4.47. The summed E-state index contributed by atoms with van der Waals surface area (Å²) in [4.78, 5) is 1.99. The van der Waals surface area contributed by atoms with Crippen LogP contribution in [0.1, 0.15) is 18.1 Å². The molecule has 0 saturated carbocycles. The molecule has 0 aliphatic carbocycles. The maximum Gasteiger partial charge on any atom is 0.100 e. The van der Waals surface area contributed by atoms with Crippen molar-refractivity contribution in [1.82, 2.24) is 5.32 Å². The first-order valence-corrected chi connectivity index (χ1v) is 7.59. The van der Waals surface area contributed by atoms with Crippen LogP contribution in [0.2, 0.25) is 5.02 Å². The molecule has 102 valence electrons. The van der Waals surface area contributed by atoms with Gasteiger partial charge in [0, 0.05) is 21.4 Å². The predicted molar refractivity (Wildman–Crippen MR) is 84.1 cm³/mol.